The number of halogens is 5. The van der Waals surface area contributed by atoms with Gasteiger partial charge in [-0.15, -0.1) is 24.8 Å². The molecule has 1 N–H and O–H groups in total. The van der Waals surface area contributed by atoms with Gasteiger partial charge in [0.2, 0.25) is 0 Å². The van der Waals surface area contributed by atoms with Crippen molar-refractivity contribution in [2.24, 2.45) is 0 Å². The van der Waals surface area contributed by atoms with Gasteiger partial charge in [-0.25, -0.2) is 8.78 Å². The molecule has 122 valence electrons. The van der Waals surface area contributed by atoms with Crippen LogP contribution in [-0.2, 0) is 0 Å². The molecule has 1 aromatic carbocycles. The topological polar surface area (TPSA) is 15.3 Å². The van der Waals surface area contributed by atoms with Crippen molar-refractivity contribution in [3.8, 4) is 0 Å². The van der Waals surface area contributed by atoms with Gasteiger partial charge >= 0.3 is 0 Å². The fourth-order valence-corrected chi connectivity index (χ4v) is 2.97. The van der Waals surface area contributed by atoms with Crippen molar-refractivity contribution in [1.82, 2.24) is 10.2 Å². The second-order valence-electron chi connectivity index (χ2n) is 4.85. The Labute approximate surface area is 145 Å². The number of piperazine rings is 1. The van der Waals surface area contributed by atoms with Gasteiger partial charge in [0.15, 0.2) is 0 Å². The third kappa shape index (κ3) is 5.03. The average molecular weight is 406 g/mol. The maximum Gasteiger partial charge on any atom is 0.145 e. The van der Waals surface area contributed by atoms with Crippen LogP contribution in [-0.4, -0.2) is 31.1 Å². The Kier molecular flexibility index (Phi) is 9.98. The minimum Gasteiger partial charge on any atom is -0.314 e. The molecule has 0 spiro atoms. The highest BCUT2D eigenvalue weighted by Gasteiger charge is 2.27. The van der Waals surface area contributed by atoms with E-state index in [-0.39, 0.29) is 36.4 Å². The highest BCUT2D eigenvalue weighted by atomic mass is 79.9. The van der Waals surface area contributed by atoms with Crippen molar-refractivity contribution in [1.29, 1.82) is 0 Å². The van der Waals surface area contributed by atoms with E-state index in [2.05, 4.69) is 26.1 Å². The van der Waals surface area contributed by atoms with E-state index in [1.807, 2.05) is 6.92 Å². The first kappa shape index (κ1) is 21.1. The molecule has 0 aromatic heterocycles. The molecular formula is C14H21BrCl2F2N2. The molecule has 1 aliphatic heterocycles. The van der Waals surface area contributed by atoms with Crippen LogP contribution < -0.4 is 5.32 Å². The maximum atomic E-state index is 14.3. The zero-order valence-electron chi connectivity index (χ0n) is 11.9. The molecular weight excluding hydrogens is 385 g/mol. The monoisotopic (exact) mass is 404 g/mol. The van der Waals surface area contributed by atoms with Crippen molar-refractivity contribution in [2.75, 3.05) is 26.2 Å². The second kappa shape index (κ2) is 9.95. The summed E-state index contributed by atoms with van der Waals surface area (Å²) in [4.78, 5) is 2.17. The Morgan fingerprint density at radius 2 is 1.86 bits per heavy atom. The van der Waals surface area contributed by atoms with Crippen LogP contribution in [0.15, 0.2) is 16.6 Å². The van der Waals surface area contributed by atoms with Gasteiger partial charge in [0, 0.05) is 37.8 Å². The molecule has 1 saturated heterocycles. The van der Waals surface area contributed by atoms with E-state index in [1.54, 1.807) is 0 Å². The van der Waals surface area contributed by atoms with Gasteiger partial charge in [-0.1, -0.05) is 13.3 Å². The van der Waals surface area contributed by atoms with E-state index in [4.69, 9.17) is 0 Å². The number of hydrogen-bond donors (Lipinski definition) is 1. The normalized spacial score (nSPS) is 16.8. The molecule has 1 aromatic rings. The number of nitrogens with zero attached hydrogens (tertiary/aromatic N) is 1. The summed E-state index contributed by atoms with van der Waals surface area (Å²) < 4.78 is 28.7. The first-order valence-corrected chi connectivity index (χ1v) is 7.52. The smallest absolute Gasteiger partial charge is 0.145 e. The summed E-state index contributed by atoms with van der Waals surface area (Å²) in [6, 6.07) is 2.59. The standard InChI is InChI=1S/C14H19BrF2N2.2ClH/c1-2-3-12(19-8-6-18-7-9-19)13-11(16)5-4-10(15)14(13)17;;/h4-5,12,18H,2-3,6-9H2,1H3;2*1H/t12-;;/m1../s1. The first-order valence-electron chi connectivity index (χ1n) is 6.73. The van der Waals surface area contributed by atoms with Gasteiger partial charge in [-0.05, 0) is 34.5 Å². The largest absolute Gasteiger partial charge is 0.314 e. The summed E-state index contributed by atoms with van der Waals surface area (Å²) >= 11 is 3.15. The lowest BCUT2D eigenvalue weighted by Gasteiger charge is -2.35. The van der Waals surface area contributed by atoms with Gasteiger partial charge in [0.25, 0.3) is 0 Å². The van der Waals surface area contributed by atoms with Gasteiger partial charge in [0.05, 0.1) is 4.47 Å². The molecule has 0 bridgehead atoms. The summed E-state index contributed by atoms with van der Waals surface area (Å²) in [7, 11) is 0. The third-order valence-corrected chi connectivity index (χ3v) is 4.18. The van der Waals surface area contributed by atoms with E-state index in [0.29, 0.717) is 4.47 Å². The molecule has 1 atom stereocenters. The molecule has 2 rings (SSSR count). The lowest BCUT2D eigenvalue weighted by atomic mass is 9.98. The molecule has 0 radical (unpaired) electrons. The molecule has 0 saturated carbocycles. The maximum absolute atomic E-state index is 14.3. The van der Waals surface area contributed by atoms with Gasteiger partial charge in [0.1, 0.15) is 11.6 Å². The second-order valence-corrected chi connectivity index (χ2v) is 5.70. The SMILES string of the molecule is CCC[C@H](c1c(F)ccc(Br)c1F)N1CCNCC1.Cl.Cl. The van der Waals surface area contributed by atoms with E-state index in [9.17, 15) is 8.78 Å². The quantitative estimate of drug-likeness (QED) is 0.750. The van der Waals surface area contributed by atoms with Crippen LogP contribution >= 0.6 is 40.7 Å². The number of rotatable bonds is 4. The minimum absolute atomic E-state index is 0. The van der Waals surface area contributed by atoms with Crippen molar-refractivity contribution in [3.05, 3.63) is 33.8 Å². The van der Waals surface area contributed by atoms with Crippen LogP contribution in [0, 0.1) is 11.6 Å². The Hall–Kier alpha value is 0.0600. The Morgan fingerprint density at radius 3 is 2.43 bits per heavy atom. The fourth-order valence-electron chi connectivity index (χ4n) is 2.62. The number of nitrogens with one attached hydrogen (secondary N) is 1. The van der Waals surface area contributed by atoms with Crippen LogP contribution in [0.2, 0.25) is 0 Å². The Bertz CT molecular complexity index is 443. The first-order chi connectivity index (χ1) is 9.15. The summed E-state index contributed by atoms with van der Waals surface area (Å²) in [6.07, 6.45) is 1.67. The van der Waals surface area contributed by atoms with E-state index < -0.39 is 11.6 Å². The van der Waals surface area contributed by atoms with Crippen LogP contribution in [0.4, 0.5) is 8.78 Å². The average Bonchev–Trinajstić information content (AvgIpc) is 2.43. The number of hydrogen-bond acceptors (Lipinski definition) is 2. The minimum atomic E-state index is -0.461. The van der Waals surface area contributed by atoms with Crippen molar-refractivity contribution in [2.45, 2.75) is 25.8 Å². The van der Waals surface area contributed by atoms with Crippen molar-refractivity contribution < 1.29 is 8.78 Å². The molecule has 2 nitrogen and oxygen atoms in total. The van der Waals surface area contributed by atoms with E-state index in [0.717, 1.165) is 39.0 Å². The highest BCUT2D eigenvalue weighted by Crippen LogP contribution is 2.33. The highest BCUT2D eigenvalue weighted by molar-refractivity contribution is 9.10. The summed E-state index contributed by atoms with van der Waals surface area (Å²) in [5.41, 5.74) is 0.207. The Morgan fingerprint density at radius 1 is 1.24 bits per heavy atom. The molecule has 7 heteroatoms. The predicted molar refractivity (Wildman–Crippen MR) is 90.6 cm³/mol. The van der Waals surface area contributed by atoms with Crippen LogP contribution in [0.3, 0.4) is 0 Å². The Balaban J connectivity index is 0.00000200. The number of benzene rings is 1. The summed E-state index contributed by atoms with van der Waals surface area (Å²) in [5.74, 6) is -0.908. The van der Waals surface area contributed by atoms with Crippen molar-refractivity contribution in [3.63, 3.8) is 0 Å². The molecule has 0 unspecified atom stereocenters. The predicted octanol–water partition coefficient (Wildman–Crippen LogP) is 4.32. The molecule has 1 aliphatic rings. The fraction of sp³-hybridized carbons (Fsp3) is 0.571. The molecule has 21 heavy (non-hydrogen) atoms. The zero-order chi connectivity index (χ0) is 13.8. The molecule has 1 heterocycles. The van der Waals surface area contributed by atoms with Crippen molar-refractivity contribution >= 4 is 40.7 Å². The molecule has 1 fully saturated rings. The van der Waals surface area contributed by atoms with Crippen LogP contribution in [0.1, 0.15) is 31.4 Å². The lowest BCUT2D eigenvalue weighted by molar-refractivity contribution is 0.158. The van der Waals surface area contributed by atoms with Crippen LogP contribution in [0.5, 0.6) is 0 Å². The van der Waals surface area contributed by atoms with Gasteiger partial charge < -0.3 is 5.32 Å². The van der Waals surface area contributed by atoms with Crippen LogP contribution in [0.25, 0.3) is 0 Å². The molecule has 0 amide bonds. The van der Waals surface area contributed by atoms with Gasteiger partial charge in [-0.2, -0.15) is 0 Å². The lowest BCUT2D eigenvalue weighted by Crippen LogP contribution is -2.45. The summed E-state index contributed by atoms with van der Waals surface area (Å²) in [6.45, 7) is 5.45. The molecule has 0 aliphatic carbocycles. The van der Waals surface area contributed by atoms with E-state index in [1.165, 1.54) is 12.1 Å². The third-order valence-electron chi connectivity index (χ3n) is 3.57. The zero-order valence-corrected chi connectivity index (χ0v) is 15.1. The van der Waals surface area contributed by atoms with E-state index >= 15 is 0 Å². The van der Waals surface area contributed by atoms with Gasteiger partial charge in [-0.3, -0.25) is 4.90 Å². The summed E-state index contributed by atoms with van der Waals surface area (Å²) in [5, 5.41) is 3.27.